The monoisotopic (exact) mass is 559 g/mol. The van der Waals surface area contributed by atoms with Crippen LogP contribution in [0.25, 0.3) is 11.1 Å². The van der Waals surface area contributed by atoms with Gasteiger partial charge >= 0.3 is 5.97 Å². The van der Waals surface area contributed by atoms with Crippen LogP contribution in [0.15, 0.2) is 72.2 Å². The maximum absolute atomic E-state index is 10.8. The predicted molar refractivity (Wildman–Crippen MR) is 156 cm³/mol. The number of nitrogens with zero attached hydrogens (tertiary/aromatic N) is 1. The van der Waals surface area contributed by atoms with Gasteiger partial charge in [-0.2, -0.15) is 0 Å². The highest BCUT2D eigenvalue weighted by molar-refractivity contribution is 7.13. The van der Waals surface area contributed by atoms with E-state index in [0.29, 0.717) is 35.2 Å². The molecule has 2 heterocycles. The van der Waals surface area contributed by atoms with Crippen molar-refractivity contribution in [3.63, 3.8) is 0 Å². The highest BCUT2D eigenvalue weighted by Crippen LogP contribution is 2.41. The summed E-state index contributed by atoms with van der Waals surface area (Å²) in [5, 5.41) is 28.9. The molecule has 4 N–H and O–H groups in total. The molecule has 0 saturated carbocycles. The van der Waals surface area contributed by atoms with Crippen LogP contribution in [0.4, 0.5) is 5.13 Å². The highest BCUT2D eigenvalue weighted by Gasteiger charge is 2.35. The van der Waals surface area contributed by atoms with E-state index in [0.717, 1.165) is 40.8 Å². The molecule has 0 spiro atoms. The summed E-state index contributed by atoms with van der Waals surface area (Å²) < 4.78 is 12.0. The molecule has 0 amide bonds. The number of benzene rings is 3. The molecule has 0 aliphatic carbocycles. The summed E-state index contributed by atoms with van der Waals surface area (Å²) in [5.74, 6) is 1.15. The minimum atomic E-state index is -0.794. The van der Waals surface area contributed by atoms with Crippen LogP contribution in [0.2, 0.25) is 0 Å². The van der Waals surface area contributed by atoms with Crippen molar-refractivity contribution < 1.29 is 24.5 Å². The van der Waals surface area contributed by atoms with Gasteiger partial charge in [0, 0.05) is 36.5 Å². The number of rotatable bonds is 11. The molecule has 0 bridgehead atoms. The van der Waals surface area contributed by atoms with Crippen molar-refractivity contribution in [1.29, 1.82) is 0 Å². The predicted octanol–water partition coefficient (Wildman–Crippen LogP) is 5.81. The first kappa shape index (κ1) is 27.6. The summed E-state index contributed by atoms with van der Waals surface area (Å²) in [7, 11) is 1.64. The zero-order valence-electron chi connectivity index (χ0n) is 22.5. The fraction of sp³-hybridized carbons (Fsp3) is 0.290. The Morgan fingerprint density at radius 1 is 1.12 bits per heavy atom. The Hall–Kier alpha value is -3.92. The Morgan fingerprint density at radius 3 is 2.50 bits per heavy atom. The van der Waals surface area contributed by atoms with Gasteiger partial charge in [-0.05, 0) is 71.8 Å². The Balaban J connectivity index is 1.33. The minimum absolute atomic E-state index is 0.122. The molecule has 4 aromatic rings. The third-order valence-corrected chi connectivity index (χ3v) is 7.92. The number of hydrogen-bond donors (Lipinski definition) is 4. The molecule has 208 valence electrons. The van der Waals surface area contributed by atoms with Crippen LogP contribution in [0.3, 0.4) is 0 Å². The molecule has 40 heavy (non-hydrogen) atoms. The summed E-state index contributed by atoms with van der Waals surface area (Å²) in [6.45, 7) is 2.88. The van der Waals surface area contributed by atoms with Crippen molar-refractivity contribution in [1.82, 2.24) is 10.3 Å². The quantitative estimate of drug-likeness (QED) is 0.170. The molecule has 1 aliphatic heterocycles. The zero-order valence-corrected chi connectivity index (χ0v) is 23.3. The smallest absolute Gasteiger partial charge is 0.303 e. The van der Waals surface area contributed by atoms with E-state index in [1.54, 1.807) is 13.3 Å². The first-order chi connectivity index (χ1) is 19.3. The highest BCUT2D eigenvalue weighted by atomic mass is 32.1. The molecule has 1 aliphatic rings. The number of hydrogen-bond acceptors (Lipinski definition) is 8. The molecular weight excluding hydrogens is 526 g/mol. The summed E-state index contributed by atoms with van der Waals surface area (Å²) in [6, 6.07) is 19.8. The van der Waals surface area contributed by atoms with Gasteiger partial charge in [0.05, 0.1) is 7.11 Å². The van der Waals surface area contributed by atoms with E-state index in [2.05, 4.69) is 22.5 Å². The number of aromatic nitrogens is 1. The number of carboxylic acids is 1. The van der Waals surface area contributed by atoms with Gasteiger partial charge in [0.25, 0.3) is 0 Å². The molecule has 0 fully saturated rings. The van der Waals surface area contributed by atoms with Crippen molar-refractivity contribution in [3.8, 4) is 28.4 Å². The Bertz CT molecular complexity index is 1440. The van der Waals surface area contributed by atoms with Gasteiger partial charge in [-0.25, -0.2) is 4.98 Å². The molecule has 5 rings (SSSR count). The number of carboxylic acid groups (broad SMARTS) is 1. The number of aryl methyl sites for hydroxylation is 1. The molecule has 0 radical (unpaired) electrons. The van der Waals surface area contributed by atoms with Crippen molar-refractivity contribution >= 4 is 22.4 Å². The number of thiazole rings is 1. The number of aliphatic hydroxyl groups is 1. The van der Waals surface area contributed by atoms with Crippen LogP contribution in [-0.2, 0) is 23.2 Å². The van der Waals surface area contributed by atoms with E-state index in [1.807, 2.05) is 66.0 Å². The molecule has 1 unspecified atom stereocenters. The average Bonchev–Trinajstić information content (AvgIpc) is 3.45. The average molecular weight is 560 g/mol. The normalized spacial score (nSPS) is 17.1. The fourth-order valence-electron chi connectivity index (χ4n) is 5.14. The summed E-state index contributed by atoms with van der Waals surface area (Å²) in [5.41, 5.74) is 4.82. The van der Waals surface area contributed by atoms with Crippen molar-refractivity contribution in [2.45, 2.75) is 44.4 Å². The number of aliphatic carboxylic acids is 1. The lowest BCUT2D eigenvalue weighted by Crippen LogP contribution is -2.48. The third kappa shape index (κ3) is 6.44. The van der Waals surface area contributed by atoms with Gasteiger partial charge in [-0.15, -0.1) is 11.3 Å². The summed E-state index contributed by atoms with van der Waals surface area (Å²) >= 11 is 1.45. The molecule has 3 aromatic carbocycles. The molecule has 8 nitrogen and oxygen atoms in total. The lowest BCUT2D eigenvalue weighted by Gasteiger charge is -2.39. The Morgan fingerprint density at radius 2 is 1.85 bits per heavy atom. The standard InChI is InChI=1S/C31H33N3O5S/c1-31(19-28(35)34-30-32-15-16-40-30)25-18-27(26(38-2)17-23(25)13-14-33-31)39-24-10-8-22(9-11-24)21-6-3-20(4-7-21)5-12-29(36)37/h3-4,6-11,15-18,28,33,35H,5,12-14,19H2,1-2H3,(H,32,34)(H,36,37)/t28?,31-/m1/s1. The number of nitrogens with one attached hydrogen (secondary N) is 2. The van der Waals surface area contributed by atoms with E-state index in [4.69, 9.17) is 14.6 Å². The van der Waals surface area contributed by atoms with Gasteiger partial charge in [0.2, 0.25) is 0 Å². The van der Waals surface area contributed by atoms with Gasteiger partial charge in [-0.3, -0.25) is 4.79 Å². The van der Waals surface area contributed by atoms with Crippen LogP contribution < -0.4 is 20.1 Å². The van der Waals surface area contributed by atoms with E-state index < -0.39 is 17.7 Å². The number of fused-ring (bicyclic) bond motifs is 1. The maximum Gasteiger partial charge on any atom is 0.303 e. The second-order valence-corrected chi connectivity index (χ2v) is 11.0. The van der Waals surface area contributed by atoms with E-state index in [9.17, 15) is 9.90 Å². The van der Waals surface area contributed by atoms with Crippen LogP contribution in [0, 0.1) is 0 Å². The fourth-order valence-corrected chi connectivity index (χ4v) is 5.72. The molecule has 2 atom stereocenters. The number of anilines is 1. The van der Waals surface area contributed by atoms with Crippen LogP contribution in [-0.4, -0.2) is 41.0 Å². The van der Waals surface area contributed by atoms with Crippen LogP contribution in [0.5, 0.6) is 17.2 Å². The van der Waals surface area contributed by atoms with Crippen molar-refractivity contribution in [2.75, 3.05) is 19.0 Å². The number of carbonyl (C=O) groups is 1. The first-order valence-electron chi connectivity index (χ1n) is 13.2. The number of methoxy groups -OCH3 is 1. The molecule has 1 aromatic heterocycles. The van der Waals surface area contributed by atoms with Gasteiger partial charge in [0.15, 0.2) is 16.6 Å². The SMILES string of the molecule is COc1cc2c(cc1Oc1ccc(-c3ccc(CCC(=O)O)cc3)cc1)[C@@](C)(CC(O)Nc1nccs1)NCC2. The maximum atomic E-state index is 10.8. The zero-order chi connectivity index (χ0) is 28.1. The third-order valence-electron chi connectivity index (χ3n) is 7.21. The Labute approximate surface area is 237 Å². The van der Waals surface area contributed by atoms with Crippen LogP contribution >= 0.6 is 11.3 Å². The van der Waals surface area contributed by atoms with Gasteiger partial charge in [-0.1, -0.05) is 36.4 Å². The van der Waals surface area contributed by atoms with Crippen molar-refractivity contribution in [2.24, 2.45) is 0 Å². The lowest BCUT2D eigenvalue weighted by molar-refractivity contribution is -0.136. The van der Waals surface area contributed by atoms with E-state index in [1.165, 1.54) is 11.3 Å². The molecular formula is C31H33N3O5S. The largest absolute Gasteiger partial charge is 0.493 e. The second kappa shape index (κ2) is 12.1. The first-order valence-corrected chi connectivity index (χ1v) is 14.1. The van der Waals surface area contributed by atoms with E-state index in [-0.39, 0.29) is 6.42 Å². The number of aliphatic hydroxyl groups excluding tert-OH is 1. The van der Waals surface area contributed by atoms with Crippen LogP contribution in [0.1, 0.15) is 36.5 Å². The van der Waals surface area contributed by atoms with Gasteiger partial charge < -0.3 is 30.3 Å². The minimum Gasteiger partial charge on any atom is -0.493 e. The second-order valence-electron chi connectivity index (χ2n) is 10.1. The van der Waals surface area contributed by atoms with Crippen molar-refractivity contribution in [3.05, 3.63) is 88.9 Å². The topological polar surface area (TPSA) is 113 Å². The summed E-state index contributed by atoms with van der Waals surface area (Å²) in [4.78, 5) is 15.0. The Kier molecular flexibility index (Phi) is 8.35. The molecule has 0 saturated heterocycles. The summed E-state index contributed by atoms with van der Waals surface area (Å²) in [6.07, 6.45) is 2.85. The van der Waals surface area contributed by atoms with Gasteiger partial charge in [0.1, 0.15) is 12.0 Å². The number of ether oxygens (including phenoxy) is 2. The molecule has 9 heteroatoms. The lowest BCUT2D eigenvalue weighted by atomic mass is 9.80. The van der Waals surface area contributed by atoms with E-state index >= 15 is 0 Å².